The van der Waals surface area contributed by atoms with Crippen molar-refractivity contribution < 1.29 is 4.79 Å². The van der Waals surface area contributed by atoms with E-state index in [9.17, 15) is 4.79 Å². The van der Waals surface area contributed by atoms with E-state index in [0.717, 1.165) is 17.7 Å². The number of aromatic nitrogens is 2. The van der Waals surface area contributed by atoms with Gasteiger partial charge < -0.3 is 10.2 Å². The van der Waals surface area contributed by atoms with Crippen molar-refractivity contribution in [2.45, 2.75) is 6.54 Å². The fraction of sp³-hybridized carbons (Fsp3) is 0.130. The molecule has 0 aliphatic heterocycles. The molecule has 0 atom stereocenters. The number of rotatable bonds is 5. The van der Waals surface area contributed by atoms with Gasteiger partial charge in [0.05, 0.1) is 16.9 Å². The second-order valence-corrected chi connectivity index (χ2v) is 7.57. The monoisotopic (exact) mass is 404 g/mol. The zero-order chi connectivity index (χ0) is 20.4. The molecule has 0 aliphatic carbocycles. The smallest absolute Gasteiger partial charge is 0.274 e. The van der Waals surface area contributed by atoms with Gasteiger partial charge in [-0.25, -0.2) is 4.98 Å². The molecule has 0 radical (unpaired) electrons. The molecule has 6 heteroatoms. The van der Waals surface area contributed by atoms with Gasteiger partial charge in [0.1, 0.15) is 11.3 Å². The van der Waals surface area contributed by atoms with Gasteiger partial charge in [-0.15, -0.1) is 0 Å². The van der Waals surface area contributed by atoms with Crippen LogP contribution in [0, 0.1) is 0 Å². The first kappa shape index (κ1) is 19.2. The number of halogens is 1. The Kier molecular flexibility index (Phi) is 5.34. The second-order valence-electron chi connectivity index (χ2n) is 7.16. The van der Waals surface area contributed by atoms with Gasteiger partial charge in [0.25, 0.3) is 5.91 Å². The van der Waals surface area contributed by atoms with E-state index in [1.54, 1.807) is 22.7 Å². The highest BCUT2D eigenvalue weighted by Gasteiger charge is 2.14. The first-order valence-electron chi connectivity index (χ1n) is 9.28. The molecule has 1 N–H and O–H groups in total. The Morgan fingerprint density at radius 2 is 1.90 bits per heavy atom. The predicted octanol–water partition coefficient (Wildman–Crippen LogP) is 4.97. The molecule has 1 amide bonds. The van der Waals surface area contributed by atoms with E-state index in [-0.39, 0.29) is 5.91 Å². The predicted molar refractivity (Wildman–Crippen MR) is 117 cm³/mol. The Hall–Kier alpha value is -3.15. The van der Waals surface area contributed by atoms with Crippen LogP contribution in [-0.4, -0.2) is 34.3 Å². The molecule has 29 heavy (non-hydrogen) atoms. The van der Waals surface area contributed by atoms with Crippen LogP contribution in [-0.2, 0) is 6.54 Å². The Morgan fingerprint density at radius 3 is 2.69 bits per heavy atom. The molecule has 0 saturated heterocycles. The van der Waals surface area contributed by atoms with Crippen molar-refractivity contribution in [3.8, 4) is 11.1 Å². The third-order valence-corrected chi connectivity index (χ3v) is 4.95. The minimum absolute atomic E-state index is 0.260. The van der Waals surface area contributed by atoms with E-state index in [1.165, 1.54) is 5.56 Å². The molecule has 146 valence electrons. The third kappa shape index (κ3) is 4.16. The number of pyridine rings is 1. The zero-order valence-electron chi connectivity index (χ0n) is 16.3. The number of carbonyl (C=O) groups excluding carboxylic acids is 1. The maximum Gasteiger partial charge on any atom is 0.274 e. The minimum atomic E-state index is -0.260. The SMILES string of the molecule is CN(C)Cc1cccc(-c2ccc3ncc(C(=O)Nc4ccccc4Cl)n3c2)c1. The highest BCUT2D eigenvalue weighted by molar-refractivity contribution is 6.33. The lowest BCUT2D eigenvalue weighted by atomic mass is 10.0. The molecule has 0 saturated carbocycles. The lowest BCUT2D eigenvalue weighted by Crippen LogP contribution is -2.14. The average molecular weight is 405 g/mol. The number of fused-ring (bicyclic) bond motifs is 1. The van der Waals surface area contributed by atoms with Gasteiger partial charge in [-0.2, -0.15) is 0 Å². The summed E-state index contributed by atoms with van der Waals surface area (Å²) in [4.78, 5) is 19.3. The normalized spacial score (nSPS) is 11.2. The quantitative estimate of drug-likeness (QED) is 0.511. The summed E-state index contributed by atoms with van der Waals surface area (Å²) in [5, 5.41) is 3.35. The number of amides is 1. The number of hydrogen-bond donors (Lipinski definition) is 1. The molecular weight excluding hydrogens is 384 g/mol. The van der Waals surface area contributed by atoms with Crippen LogP contribution in [0.1, 0.15) is 16.1 Å². The van der Waals surface area contributed by atoms with Crippen LogP contribution in [0.3, 0.4) is 0 Å². The van der Waals surface area contributed by atoms with E-state index >= 15 is 0 Å². The van der Waals surface area contributed by atoms with Crippen LogP contribution >= 0.6 is 11.6 Å². The molecule has 0 spiro atoms. The molecular formula is C23H21ClN4O. The van der Waals surface area contributed by atoms with Gasteiger partial charge in [0.15, 0.2) is 0 Å². The number of carbonyl (C=O) groups is 1. The van der Waals surface area contributed by atoms with E-state index in [4.69, 9.17) is 11.6 Å². The van der Waals surface area contributed by atoms with Crippen molar-refractivity contribution in [2.75, 3.05) is 19.4 Å². The van der Waals surface area contributed by atoms with Crippen LogP contribution in [0.4, 0.5) is 5.69 Å². The van der Waals surface area contributed by atoms with Gasteiger partial charge in [0.2, 0.25) is 0 Å². The summed E-state index contributed by atoms with van der Waals surface area (Å²) in [6.45, 7) is 0.868. The summed E-state index contributed by atoms with van der Waals surface area (Å²) in [5.74, 6) is -0.260. The van der Waals surface area contributed by atoms with Crippen molar-refractivity contribution in [3.05, 3.63) is 89.3 Å². The number of hydrogen-bond acceptors (Lipinski definition) is 3. The van der Waals surface area contributed by atoms with Crippen LogP contribution in [0.15, 0.2) is 73.1 Å². The molecule has 0 aliphatic rings. The highest BCUT2D eigenvalue weighted by atomic mass is 35.5. The van der Waals surface area contributed by atoms with Gasteiger partial charge in [0, 0.05) is 12.7 Å². The Labute approximate surface area is 174 Å². The Balaban J connectivity index is 1.68. The molecule has 4 rings (SSSR count). The molecule has 2 heterocycles. The number of nitrogens with one attached hydrogen (secondary N) is 1. The van der Waals surface area contributed by atoms with Crippen molar-refractivity contribution in [3.63, 3.8) is 0 Å². The van der Waals surface area contributed by atoms with Crippen molar-refractivity contribution in [1.82, 2.24) is 14.3 Å². The fourth-order valence-electron chi connectivity index (χ4n) is 3.28. The lowest BCUT2D eigenvalue weighted by molar-refractivity contribution is 0.102. The second kappa shape index (κ2) is 8.07. The number of benzene rings is 2. The van der Waals surface area contributed by atoms with Gasteiger partial charge in [-0.05, 0) is 61.1 Å². The van der Waals surface area contributed by atoms with E-state index < -0.39 is 0 Å². The minimum Gasteiger partial charge on any atom is -0.319 e. The van der Waals surface area contributed by atoms with E-state index in [2.05, 4.69) is 39.5 Å². The van der Waals surface area contributed by atoms with Gasteiger partial charge in [-0.3, -0.25) is 9.20 Å². The molecule has 0 fully saturated rings. The van der Waals surface area contributed by atoms with Crippen LogP contribution in [0.25, 0.3) is 16.8 Å². The maximum absolute atomic E-state index is 12.8. The Bertz CT molecular complexity index is 1180. The number of imidazole rings is 1. The third-order valence-electron chi connectivity index (χ3n) is 4.62. The summed E-state index contributed by atoms with van der Waals surface area (Å²) >= 11 is 6.16. The summed E-state index contributed by atoms with van der Waals surface area (Å²) in [7, 11) is 4.10. The molecule has 4 aromatic rings. The molecule has 5 nitrogen and oxygen atoms in total. The summed E-state index contributed by atoms with van der Waals surface area (Å²) in [5.41, 5.74) is 5.07. The molecule has 2 aromatic carbocycles. The first-order valence-corrected chi connectivity index (χ1v) is 9.66. The molecule has 2 aromatic heterocycles. The summed E-state index contributed by atoms with van der Waals surface area (Å²) in [6, 6.07) is 19.5. The van der Waals surface area contributed by atoms with Gasteiger partial charge in [-0.1, -0.05) is 41.9 Å². The first-order chi connectivity index (χ1) is 14.0. The number of para-hydroxylation sites is 1. The number of nitrogens with zero attached hydrogens (tertiary/aromatic N) is 3. The van der Waals surface area contributed by atoms with E-state index in [0.29, 0.717) is 22.1 Å². The lowest BCUT2D eigenvalue weighted by Gasteiger charge is -2.11. The molecule has 0 unspecified atom stereocenters. The topological polar surface area (TPSA) is 49.6 Å². The average Bonchev–Trinajstić information content (AvgIpc) is 3.13. The van der Waals surface area contributed by atoms with Crippen molar-refractivity contribution in [2.24, 2.45) is 0 Å². The largest absolute Gasteiger partial charge is 0.319 e. The van der Waals surface area contributed by atoms with E-state index in [1.807, 2.05) is 44.6 Å². The summed E-state index contributed by atoms with van der Waals surface area (Å²) in [6.07, 6.45) is 3.52. The van der Waals surface area contributed by atoms with Crippen LogP contribution in [0.2, 0.25) is 5.02 Å². The number of anilines is 1. The highest BCUT2D eigenvalue weighted by Crippen LogP contribution is 2.24. The maximum atomic E-state index is 12.8. The summed E-state index contributed by atoms with van der Waals surface area (Å²) < 4.78 is 1.81. The van der Waals surface area contributed by atoms with Crippen molar-refractivity contribution >= 4 is 28.8 Å². The Morgan fingerprint density at radius 1 is 1.07 bits per heavy atom. The van der Waals surface area contributed by atoms with Gasteiger partial charge >= 0.3 is 0 Å². The molecule has 0 bridgehead atoms. The fourth-order valence-corrected chi connectivity index (χ4v) is 3.47. The standard InChI is InChI=1S/C23H21ClN4O/c1-27(2)14-16-6-5-7-17(12-16)18-10-11-22-25-13-21(28(22)15-18)23(29)26-20-9-4-3-8-19(20)24/h3-13,15H,14H2,1-2H3,(H,26,29). The zero-order valence-corrected chi connectivity index (χ0v) is 17.0. The van der Waals surface area contributed by atoms with Crippen molar-refractivity contribution in [1.29, 1.82) is 0 Å². The van der Waals surface area contributed by atoms with Crippen LogP contribution < -0.4 is 5.32 Å². The van der Waals surface area contributed by atoms with Crippen LogP contribution in [0.5, 0.6) is 0 Å².